The molecule has 2 aromatic carbocycles. The van der Waals surface area contributed by atoms with Crippen molar-refractivity contribution in [1.29, 1.82) is 0 Å². The van der Waals surface area contributed by atoms with Crippen LogP contribution in [0.25, 0.3) is 5.70 Å². The number of rotatable bonds is 6. The zero-order valence-electron chi connectivity index (χ0n) is 17.1. The van der Waals surface area contributed by atoms with Gasteiger partial charge in [0.25, 0.3) is 0 Å². The Hall–Kier alpha value is -3.28. The van der Waals surface area contributed by atoms with Crippen molar-refractivity contribution in [2.45, 2.75) is 39.3 Å². The predicted molar refractivity (Wildman–Crippen MR) is 111 cm³/mol. The van der Waals surface area contributed by atoms with Crippen LogP contribution in [0.3, 0.4) is 0 Å². The first kappa shape index (κ1) is 20.5. The number of carbonyl (C=O) groups excluding carboxylic acids is 2. The molecule has 1 atom stereocenters. The van der Waals surface area contributed by atoms with E-state index in [9.17, 15) is 9.59 Å². The summed E-state index contributed by atoms with van der Waals surface area (Å²) in [5.74, 6) is 0.218. The van der Waals surface area contributed by atoms with Crippen molar-refractivity contribution in [1.82, 2.24) is 10.6 Å². The minimum Gasteiger partial charge on any atom is -0.497 e. The zero-order chi connectivity index (χ0) is 21.0. The molecule has 1 heterocycles. The van der Waals surface area contributed by atoms with Crippen LogP contribution in [0.4, 0.5) is 4.79 Å². The minimum atomic E-state index is -0.613. The summed E-state index contributed by atoms with van der Waals surface area (Å²) in [6.07, 6.45) is 0.626. The van der Waals surface area contributed by atoms with E-state index in [0.717, 1.165) is 12.0 Å². The summed E-state index contributed by atoms with van der Waals surface area (Å²) < 4.78 is 10.7. The summed E-state index contributed by atoms with van der Waals surface area (Å²) in [6, 6.07) is 14.1. The quantitative estimate of drug-likeness (QED) is 0.727. The van der Waals surface area contributed by atoms with E-state index in [1.54, 1.807) is 45.2 Å². The molecule has 1 aliphatic rings. The van der Waals surface area contributed by atoms with Crippen molar-refractivity contribution in [2.24, 2.45) is 0 Å². The normalized spacial score (nSPS) is 16.3. The average molecular weight is 394 g/mol. The Morgan fingerprint density at radius 1 is 1.07 bits per heavy atom. The summed E-state index contributed by atoms with van der Waals surface area (Å²) in [4.78, 5) is 25.5. The van der Waals surface area contributed by atoms with Crippen LogP contribution >= 0.6 is 0 Å². The SMILES string of the molecule is CCc1ccc(C2NC(=O)NC(c3ccc(OC)cc3)=C2C(=O)OC(C)C)cc1. The van der Waals surface area contributed by atoms with Gasteiger partial charge in [0.2, 0.25) is 0 Å². The molecule has 0 aliphatic carbocycles. The highest BCUT2D eigenvalue weighted by atomic mass is 16.5. The van der Waals surface area contributed by atoms with Gasteiger partial charge in [-0.05, 0) is 61.2 Å². The minimum absolute atomic E-state index is 0.284. The number of methoxy groups -OCH3 is 1. The van der Waals surface area contributed by atoms with E-state index in [1.807, 2.05) is 24.3 Å². The summed E-state index contributed by atoms with van der Waals surface area (Å²) >= 11 is 0. The molecule has 2 N–H and O–H groups in total. The molecule has 152 valence electrons. The van der Waals surface area contributed by atoms with Gasteiger partial charge in [-0.15, -0.1) is 0 Å². The fourth-order valence-corrected chi connectivity index (χ4v) is 3.24. The van der Waals surface area contributed by atoms with E-state index >= 15 is 0 Å². The lowest BCUT2D eigenvalue weighted by atomic mass is 9.92. The fourth-order valence-electron chi connectivity index (χ4n) is 3.24. The highest BCUT2D eigenvalue weighted by molar-refractivity contribution is 6.04. The standard InChI is InChI=1S/C23H26N2O4/c1-5-15-6-8-16(9-7-15)20-19(22(26)29-14(2)3)21(25-23(27)24-20)17-10-12-18(28-4)13-11-17/h6-14,20H,5H2,1-4H3,(H2,24,25,27). The predicted octanol–water partition coefficient (Wildman–Crippen LogP) is 3.97. The first-order chi connectivity index (χ1) is 13.9. The Bertz CT molecular complexity index is 915. The molecular weight excluding hydrogens is 368 g/mol. The largest absolute Gasteiger partial charge is 0.497 e. The lowest BCUT2D eigenvalue weighted by molar-refractivity contribution is -0.143. The molecule has 0 saturated heterocycles. The van der Waals surface area contributed by atoms with Crippen LogP contribution < -0.4 is 15.4 Å². The molecule has 0 aromatic heterocycles. The van der Waals surface area contributed by atoms with Gasteiger partial charge in [0, 0.05) is 0 Å². The summed E-state index contributed by atoms with van der Waals surface area (Å²) in [5, 5.41) is 5.65. The number of nitrogens with one attached hydrogen (secondary N) is 2. The Morgan fingerprint density at radius 2 is 1.72 bits per heavy atom. The summed E-state index contributed by atoms with van der Waals surface area (Å²) in [7, 11) is 1.59. The van der Waals surface area contributed by atoms with Crippen molar-refractivity contribution < 1.29 is 19.1 Å². The number of urea groups is 1. The molecule has 2 amide bonds. The van der Waals surface area contributed by atoms with Gasteiger partial charge >= 0.3 is 12.0 Å². The van der Waals surface area contributed by atoms with Crippen LogP contribution in [0.1, 0.15) is 43.5 Å². The van der Waals surface area contributed by atoms with Gasteiger partial charge in [-0.25, -0.2) is 9.59 Å². The zero-order valence-corrected chi connectivity index (χ0v) is 17.1. The van der Waals surface area contributed by atoms with Crippen LogP contribution in [0.5, 0.6) is 5.75 Å². The monoisotopic (exact) mass is 394 g/mol. The van der Waals surface area contributed by atoms with Crippen LogP contribution in [-0.4, -0.2) is 25.2 Å². The molecular formula is C23H26N2O4. The van der Waals surface area contributed by atoms with Gasteiger partial charge in [0.1, 0.15) is 5.75 Å². The van der Waals surface area contributed by atoms with Gasteiger partial charge < -0.3 is 20.1 Å². The Morgan fingerprint density at radius 3 is 2.28 bits per heavy atom. The maximum Gasteiger partial charge on any atom is 0.338 e. The van der Waals surface area contributed by atoms with Gasteiger partial charge in [-0.2, -0.15) is 0 Å². The van der Waals surface area contributed by atoms with E-state index in [0.29, 0.717) is 22.6 Å². The molecule has 0 fully saturated rings. The Labute approximate surface area is 170 Å². The number of hydrogen-bond acceptors (Lipinski definition) is 4. The summed E-state index contributed by atoms with van der Waals surface area (Å²) in [5.41, 5.74) is 3.50. The highest BCUT2D eigenvalue weighted by Gasteiger charge is 2.34. The first-order valence-electron chi connectivity index (χ1n) is 9.68. The molecule has 0 bridgehead atoms. The van der Waals surface area contributed by atoms with Crippen molar-refractivity contribution in [3.8, 4) is 5.75 Å². The lowest BCUT2D eigenvalue weighted by Gasteiger charge is -2.30. The number of amides is 2. The van der Waals surface area contributed by atoms with Crippen LogP contribution in [0.15, 0.2) is 54.1 Å². The van der Waals surface area contributed by atoms with E-state index in [2.05, 4.69) is 17.6 Å². The maximum absolute atomic E-state index is 13.0. The molecule has 2 aromatic rings. The van der Waals surface area contributed by atoms with Crippen molar-refractivity contribution in [3.63, 3.8) is 0 Å². The second-order valence-corrected chi connectivity index (χ2v) is 7.10. The van der Waals surface area contributed by atoms with Gasteiger partial charge in [0.15, 0.2) is 0 Å². The van der Waals surface area contributed by atoms with E-state index in [1.165, 1.54) is 5.56 Å². The second-order valence-electron chi connectivity index (χ2n) is 7.10. The number of ether oxygens (including phenoxy) is 2. The number of benzene rings is 2. The van der Waals surface area contributed by atoms with Crippen molar-refractivity contribution in [2.75, 3.05) is 7.11 Å². The van der Waals surface area contributed by atoms with Crippen molar-refractivity contribution >= 4 is 17.7 Å². The van der Waals surface area contributed by atoms with E-state index in [-0.39, 0.29) is 12.1 Å². The highest BCUT2D eigenvalue weighted by Crippen LogP contribution is 2.33. The summed E-state index contributed by atoms with van der Waals surface area (Å²) in [6.45, 7) is 5.67. The third kappa shape index (κ3) is 4.59. The molecule has 6 heteroatoms. The third-order valence-corrected chi connectivity index (χ3v) is 4.73. The molecule has 1 unspecified atom stereocenters. The number of aryl methyl sites for hydroxylation is 1. The van der Waals surface area contributed by atoms with Gasteiger partial charge in [0.05, 0.1) is 30.5 Å². The van der Waals surface area contributed by atoms with Gasteiger partial charge in [-0.3, -0.25) is 0 Å². The smallest absolute Gasteiger partial charge is 0.338 e. The molecule has 29 heavy (non-hydrogen) atoms. The van der Waals surface area contributed by atoms with E-state index < -0.39 is 12.0 Å². The number of carbonyl (C=O) groups is 2. The molecule has 6 nitrogen and oxygen atoms in total. The first-order valence-corrected chi connectivity index (χ1v) is 9.68. The molecule has 0 saturated carbocycles. The number of esters is 1. The van der Waals surface area contributed by atoms with E-state index in [4.69, 9.17) is 9.47 Å². The molecule has 0 spiro atoms. The van der Waals surface area contributed by atoms with Gasteiger partial charge in [-0.1, -0.05) is 31.2 Å². The Kier molecular flexibility index (Phi) is 6.22. The van der Waals surface area contributed by atoms with Crippen LogP contribution in [0, 0.1) is 0 Å². The third-order valence-electron chi connectivity index (χ3n) is 4.73. The van der Waals surface area contributed by atoms with Crippen LogP contribution in [-0.2, 0) is 16.0 Å². The van der Waals surface area contributed by atoms with Crippen molar-refractivity contribution in [3.05, 3.63) is 70.8 Å². The van der Waals surface area contributed by atoms with Crippen LogP contribution in [0.2, 0.25) is 0 Å². The molecule has 3 rings (SSSR count). The molecule has 1 aliphatic heterocycles. The fraction of sp³-hybridized carbons (Fsp3) is 0.304. The number of hydrogen-bond donors (Lipinski definition) is 2. The topological polar surface area (TPSA) is 76.7 Å². The average Bonchev–Trinajstić information content (AvgIpc) is 2.72. The second kappa shape index (κ2) is 8.82. The maximum atomic E-state index is 13.0. The molecule has 0 radical (unpaired) electrons. The lowest BCUT2D eigenvalue weighted by Crippen LogP contribution is -2.45. The Balaban J connectivity index is 2.13.